The van der Waals surface area contributed by atoms with E-state index in [9.17, 15) is 26.0 Å². The molecule has 0 unspecified atom stereocenters. The number of hydrogen-bond acceptors (Lipinski definition) is 3. The van der Waals surface area contributed by atoms with E-state index in [-0.39, 0.29) is 0 Å². The van der Waals surface area contributed by atoms with Gasteiger partial charge in [0.05, 0.1) is 12.9 Å². The van der Waals surface area contributed by atoms with Crippen LogP contribution in [-0.4, -0.2) is 33.6 Å². The van der Waals surface area contributed by atoms with Crippen LogP contribution >= 0.6 is 0 Å². The topological polar surface area (TPSA) is 43.4 Å². The second-order valence-corrected chi connectivity index (χ2v) is 3.98. The minimum atomic E-state index is -4.20. The molecule has 0 heterocycles. The van der Waals surface area contributed by atoms with Crippen LogP contribution in [0.1, 0.15) is 6.42 Å². The van der Waals surface area contributed by atoms with Gasteiger partial charge in [0.25, 0.3) is 10.1 Å². The minimum absolute atomic E-state index is 0.646. The summed E-state index contributed by atoms with van der Waals surface area (Å²) < 4.78 is 71.5. The van der Waals surface area contributed by atoms with Crippen molar-refractivity contribution >= 4 is 10.1 Å². The summed E-state index contributed by atoms with van der Waals surface area (Å²) in [5, 5.41) is 0. The highest BCUT2D eigenvalue weighted by molar-refractivity contribution is 7.85. The number of hydrogen-bond donors (Lipinski definition) is 0. The van der Waals surface area contributed by atoms with Gasteiger partial charge in [0.2, 0.25) is 0 Å². The van der Waals surface area contributed by atoms with Crippen molar-refractivity contribution in [3.8, 4) is 0 Å². The van der Waals surface area contributed by atoms with Gasteiger partial charge in [0, 0.05) is 6.42 Å². The summed E-state index contributed by atoms with van der Waals surface area (Å²) in [6.07, 6.45) is -4.48. The monoisotopic (exact) mass is 224 g/mol. The second kappa shape index (κ2) is 4.23. The molecule has 13 heavy (non-hydrogen) atoms. The van der Waals surface area contributed by atoms with Crippen molar-refractivity contribution in [2.75, 3.05) is 12.9 Å². The summed E-state index contributed by atoms with van der Waals surface area (Å²) in [6.45, 7) is -0.948. The Morgan fingerprint density at radius 3 is 2.15 bits per heavy atom. The minimum Gasteiger partial charge on any atom is -0.270 e. The standard InChI is InChI=1S/C5H8F4O3S/c1-13(10,11)12-3-2-5(8,9)4(6)7/h4H,2-3H2,1H3. The fourth-order valence-corrected chi connectivity index (χ4v) is 0.824. The van der Waals surface area contributed by atoms with Gasteiger partial charge in [0.15, 0.2) is 0 Å². The quantitative estimate of drug-likeness (QED) is 0.521. The third kappa shape index (κ3) is 5.81. The molecule has 0 saturated heterocycles. The Kier molecular flexibility index (Phi) is 4.11. The van der Waals surface area contributed by atoms with Crippen molar-refractivity contribution in [1.29, 1.82) is 0 Å². The molecule has 0 fully saturated rings. The number of halogens is 4. The lowest BCUT2D eigenvalue weighted by Gasteiger charge is -2.13. The Morgan fingerprint density at radius 2 is 1.85 bits per heavy atom. The molecule has 0 aromatic heterocycles. The number of rotatable bonds is 5. The SMILES string of the molecule is CS(=O)(=O)OCCC(F)(F)C(F)F. The molecule has 0 aliphatic heterocycles. The first kappa shape index (κ1) is 12.6. The molecule has 0 aliphatic rings. The molecule has 0 aromatic rings. The van der Waals surface area contributed by atoms with E-state index in [0.29, 0.717) is 6.26 Å². The molecule has 8 heteroatoms. The third-order valence-corrected chi connectivity index (χ3v) is 1.65. The van der Waals surface area contributed by atoms with Crippen LogP contribution in [0.3, 0.4) is 0 Å². The van der Waals surface area contributed by atoms with Crippen LogP contribution in [0.2, 0.25) is 0 Å². The van der Waals surface area contributed by atoms with Crippen molar-refractivity contribution in [3.05, 3.63) is 0 Å². The molecule has 0 spiro atoms. The molecule has 0 N–H and O–H groups in total. The number of alkyl halides is 4. The van der Waals surface area contributed by atoms with Crippen molar-refractivity contribution in [2.24, 2.45) is 0 Å². The summed E-state index contributed by atoms with van der Waals surface area (Å²) in [6, 6.07) is 0. The van der Waals surface area contributed by atoms with E-state index < -0.39 is 35.5 Å². The molecule has 0 radical (unpaired) electrons. The predicted octanol–water partition coefficient (Wildman–Crippen LogP) is 1.25. The van der Waals surface area contributed by atoms with E-state index >= 15 is 0 Å². The molecule has 0 amide bonds. The van der Waals surface area contributed by atoms with E-state index in [1.165, 1.54) is 0 Å². The molecule has 3 nitrogen and oxygen atoms in total. The van der Waals surface area contributed by atoms with Crippen LogP contribution in [0.5, 0.6) is 0 Å². The Hall–Kier alpha value is -0.370. The summed E-state index contributed by atoms with van der Waals surface area (Å²) in [4.78, 5) is 0. The second-order valence-electron chi connectivity index (χ2n) is 2.34. The Morgan fingerprint density at radius 1 is 1.38 bits per heavy atom. The first-order chi connectivity index (χ1) is 5.65. The summed E-state index contributed by atoms with van der Waals surface area (Å²) in [5.41, 5.74) is 0. The predicted molar refractivity (Wildman–Crippen MR) is 36.4 cm³/mol. The Bertz CT molecular complexity index is 249. The van der Waals surface area contributed by atoms with Crippen LogP contribution in [0, 0.1) is 0 Å². The molecular formula is C5H8F4O3S. The average Bonchev–Trinajstić information content (AvgIpc) is 1.82. The van der Waals surface area contributed by atoms with Gasteiger partial charge in [-0.15, -0.1) is 0 Å². The van der Waals surface area contributed by atoms with Gasteiger partial charge in [-0.1, -0.05) is 0 Å². The first-order valence-corrected chi connectivity index (χ1v) is 4.97. The van der Waals surface area contributed by atoms with E-state index in [1.54, 1.807) is 0 Å². The lowest BCUT2D eigenvalue weighted by molar-refractivity contribution is -0.136. The van der Waals surface area contributed by atoms with Gasteiger partial charge in [-0.25, -0.2) is 17.6 Å². The zero-order valence-corrected chi connectivity index (χ0v) is 7.45. The zero-order chi connectivity index (χ0) is 10.7. The van der Waals surface area contributed by atoms with Gasteiger partial charge >= 0.3 is 12.3 Å². The van der Waals surface area contributed by atoms with Crippen molar-refractivity contribution in [2.45, 2.75) is 18.8 Å². The molecule has 0 aliphatic carbocycles. The van der Waals surface area contributed by atoms with Gasteiger partial charge in [-0.2, -0.15) is 8.42 Å². The fourth-order valence-electron chi connectivity index (χ4n) is 0.438. The third-order valence-electron chi connectivity index (χ3n) is 1.05. The van der Waals surface area contributed by atoms with Gasteiger partial charge in [0.1, 0.15) is 0 Å². The molecule has 0 saturated carbocycles. The Balaban J connectivity index is 3.90. The highest BCUT2D eigenvalue weighted by Crippen LogP contribution is 2.26. The van der Waals surface area contributed by atoms with Gasteiger partial charge in [-0.3, -0.25) is 4.18 Å². The van der Waals surface area contributed by atoms with Crippen LogP contribution in [-0.2, 0) is 14.3 Å². The average molecular weight is 224 g/mol. The largest absolute Gasteiger partial charge is 0.309 e. The highest BCUT2D eigenvalue weighted by Gasteiger charge is 2.40. The fraction of sp³-hybridized carbons (Fsp3) is 1.00. The normalized spacial score (nSPS) is 13.7. The lowest BCUT2D eigenvalue weighted by Crippen LogP contribution is -2.28. The maximum Gasteiger partial charge on any atom is 0.309 e. The zero-order valence-electron chi connectivity index (χ0n) is 6.64. The Labute approximate surface area is 72.8 Å². The van der Waals surface area contributed by atoms with Gasteiger partial charge in [-0.05, 0) is 0 Å². The van der Waals surface area contributed by atoms with Crippen molar-refractivity contribution in [3.63, 3.8) is 0 Å². The maximum atomic E-state index is 12.1. The smallest absolute Gasteiger partial charge is 0.270 e. The van der Waals surface area contributed by atoms with E-state index in [4.69, 9.17) is 0 Å². The van der Waals surface area contributed by atoms with Crippen molar-refractivity contribution in [1.82, 2.24) is 0 Å². The van der Waals surface area contributed by atoms with Crippen LogP contribution in [0.25, 0.3) is 0 Å². The van der Waals surface area contributed by atoms with E-state index in [2.05, 4.69) is 4.18 Å². The van der Waals surface area contributed by atoms with E-state index in [1.807, 2.05) is 0 Å². The molecular weight excluding hydrogens is 216 g/mol. The first-order valence-electron chi connectivity index (χ1n) is 3.15. The summed E-state index contributed by atoms with van der Waals surface area (Å²) >= 11 is 0. The van der Waals surface area contributed by atoms with Crippen LogP contribution < -0.4 is 0 Å². The molecule has 80 valence electrons. The summed E-state index contributed by atoms with van der Waals surface area (Å²) in [5.74, 6) is -4.20. The van der Waals surface area contributed by atoms with E-state index in [0.717, 1.165) is 0 Å². The maximum absolute atomic E-state index is 12.1. The van der Waals surface area contributed by atoms with Crippen molar-refractivity contribution < 1.29 is 30.2 Å². The highest BCUT2D eigenvalue weighted by atomic mass is 32.2. The molecule has 0 rings (SSSR count). The molecule has 0 atom stereocenters. The van der Waals surface area contributed by atoms with Gasteiger partial charge < -0.3 is 0 Å². The molecule has 0 bridgehead atoms. The van der Waals surface area contributed by atoms with Crippen LogP contribution in [0.4, 0.5) is 17.6 Å². The lowest BCUT2D eigenvalue weighted by atomic mass is 10.2. The molecule has 0 aromatic carbocycles. The van der Waals surface area contributed by atoms with Crippen LogP contribution in [0.15, 0.2) is 0 Å². The summed E-state index contributed by atoms with van der Waals surface area (Å²) in [7, 11) is -3.85.